The molecule has 0 aliphatic carbocycles. The van der Waals surface area contributed by atoms with Gasteiger partial charge in [-0.05, 0) is 35.8 Å². The van der Waals surface area contributed by atoms with Gasteiger partial charge in [-0.2, -0.15) is 0 Å². The van der Waals surface area contributed by atoms with Crippen LogP contribution in [0.1, 0.15) is 103 Å². The molecule has 2 aromatic rings. The Hall–Kier alpha value is -2.08. The molecule has 0 N–H and O–H groups in total. The van der Waals surface area contributed by atoms with Crippen LogP contribution in [0.2, 0.25) is 0 Å². The van der Waals surface area contributed by atoms with Crippen LogP contribution in [0.15, 0.2) is 71.8 Å². The Morgan fingerprint density at radius 2 is 1.00 bits per heavy atom. The Kier molecular flexibility index (Phi) is 19.4. The number of hydrogen-bond donors (Lipinski definition) is 0. The number of benzene rings is 2. The summed E-state index contributed by atoms with van der Waals surface area (Å²) in [5.74, 6) is -2.34. The number of unbranched alkanes of at least 4 members (excludes halogenated alkanes) is 2. The number of carbonyl (C=O) groups excluding carboxylic acids is 2. The van der Waals surface area contributed by atoms with Gasteiger partial charge in [0, 0.05) is 0 Å². The molecule has 2 rings (SSSR count). The first kappa shape index (κ1) is 34.9. The fraction of sp³-hybridized carbons (Fsp3) is 0.529. The molecule has 5 heteroatoms. The molecule has 0 aliphatic heterocycles. The molecule has 0 aliphatic rings. The number of rotatable bonds is 18. The monoisotopic (exact) mass is 640 g/mol. The van der Waals surface area contributed by atoms with E-state index < -0.39 is 11.9 Å². The van der Waals surface area contributed by atoms with Gasteiger partial charge in [-0.15, -0.1) is 0 Å². The van der Waals surface area contributed by atoms with Crippen molar-refractivity contribution in [2.75, 3.05) is 0 Å². The predicted octanol–water partition coefficient (Wildman–Crippen LogP) is 6.09. The second kappa shape index (κ2) is 21.7. The van der Waals surface area contributed by atoms with Crippen molar-refractivity contribution < 1.29 is 19.8 Å². The summed E-state index contributed by atoms with van der Waals surface area (Å²) >= 11 is -0.258. The van der Waals surface area contributed by atoms with Crippen molar-refractivity contribution in [3.05, 3.63) is 82.9 Å². The van der Waals surface area contributed by atoms with Crippen LogP contribution >= 0.6 is 0 Å². The quantitative estimate of drug-likeness (QED) is 0.146. The molecule has 0 spiro atoms. The van der Waals surface area contributed by atoms with Crippen LogP contribution in [-0.4, -0.2) is 33.1 Å². The van der Waals surface area contributed by atoms with Crippen molar-refractivity contribution in [3.63, 3.8) is 0 Å². The number of carbonyl (C=O) groups is 2. The zero-order chi connectivity index (χ0) is 28.9. The van der Waals surface area contributed by atoms with Gasteiger partial charge >= 0.3 is 102 Å². The summed E-state index contributed by atoms with van der Waals surface area (Å²) in [5, 5.41) is 23.2. The normalized spacial score (nSPS) is 12.8. The van der Waals surface area contributed by atoms with Crippen molar-refractivity contribution >= 4 is 33.1 Å². The van der Waals surface area contributed by atoms with Crippen molar-refractivity contribution in [2.45, 2.75) is 101 Å². The van der Waals surface area contributed by atoms with Crippen molar-refractivity contribution in [1.29, 1.82) is 0 Å². The van der Waals surface area contributed by atoms with Gasteiger partial charge in [0.2, 0.25) is 0 Å². The summed E-state index contributed by atoms with van der Waals surface area (Å²) < 4.78 is 2.69. The van der Waals surface area contributed by atoms with Crippen molar-refractivity contribution in [3.8, 4) is 0 Å². The van der Waals surface area contributed by atoms with Gasteiger partial charge in [0.05, 0.1) is 11.9 Å². The van der Waals surface area contributed by atoms with Crippen LogP contribution in [0.25, 0.3) is 0 Å². The third kappa shape index (κ3) is 15.3. The third-order valence-corrected chi connectivity index (χ3v) is 11.0. The molecule has 0 fully saturated rings. The third-order valence-electron chi connectivity index (χ3n) is 7.27. The fourth-order valence-electron chi connectivity index (χ4n) is 4.67. The van der Waals surface area contributed by atoms with Gasteiger partial charge in [0.15, 0.2) is 0 Å². The van der Waals surface area contributed by atoms with E-state index >= 15 is 0 Å². The maximum atomic E-state index is 11.6. The van der Waals surface area contributed by atoms with Crippen LogP contribution in [-0.2, 0) is 18.5 Å². The molecule has 0 radical (unpaired) electrons. The number of aliphatic carboxylic acids is 2. The average molecular weight is 639 g/mol. The molecule has 0 saturated heterocycles. The Labute approximate surface area is 247 Å². The first-order valence-electron chi connectivity index (χ1n) is 14.8. The maximum absolute atomic E-state index is 11.6. The SMILES string of the molecule is CCCCC(CC)C/C(C(=O)[O-])=C(\CC(CC)CCCC)C(=O)[O-].c1ccc([CH2][Sn+2][CH2]c2ccccc2)cc1. The summed E-state index contributed by atoms with van der Waals surface area (Å²) in [4.78, 5) is 23.2. The molecule has 2 unspecified atom stereocenters. The van der Waals surface area contributed by atoms with Gasteiger partial charge in [0.1, 0.15) is 0 Å². The zero-order valence-corrected chi connectivity index (χ0v) is 27.4. The minimum atomic E-state index is -1.35. The fourth-order valence-corrected chi connectivity index (χ4v) is 8.02. The zero-order valence-electron chi connectivity index (χ0n) is 24.5. The summed E-state index contributed by atoms with van der Waals surface area (Å²) in [5.41, 5.74) is 2.93. The predicted molar refractivity (Wildman–Crippen MR) is 159 cm³/mol. The van der Waals surface area contributed by atoms with E-state index in [0.29, 0.717) is 0 Å². The summed E-state index contributed by atoms with van der Waals surface area (Å²) in [7, 11) is 0. The molecule has 2 atom stereocenters. The topological polar surface area (TPSA) is 80.3 Å². The molecule has 212 valence electrons. The first-order valence-corrected chi connectivity index (χ1v) is 18.8. The molecule has 4 nitrogen and oxygen atoms in total. The van der Waals surface area contributed by atoms with Crippen molar-refractivity contribution in [2.24, 2.45) is 11.8 Å². The summed E-state index contributed by atoms with van der Waals surface area (Å²) in [6.07, 6.45) is 8.18. The van der Waals surface area contributed by atoms with Crippen LogP contribution < -0.4 is 10.2 Å². The van der Waals surface area contributed by atoms with Crippen LogP contribution in [0.4, 0.5) is 0 Å². The van der Waals surface area contributed by atoms with E-state index in [0.717, 1.165) is 51.4 Å². The Bertz CT molecular complexity index is 878. The van der Waals surface area contributed by atoms with E-state index in [2.05, 4.69) is 74.5 Å². The van der Waals surface area contributed by atoms with Crippen LogP contribution in [0.5, 0.6) is 0 Å². The molecule has 39 heavy (non-hydrogen) atoms. The molecule has 0 aromatic heterocycles. The minimum absolute atomic E-state index is 0.0482. The Morgan fingerprint density at radius 1 is 0.641 bits per heavy atom. The molecule has 2 aromatic carbocycles. The Morgan fingerprint density at radius 3 is 1.28 bits per heavy atom. The molecule has 0 amide bonds. The van der Waals surface area contributed by atoms with E-state index in [1.807, 2.05) is 13.8 Å². The number of carboxylic acids is 2. The number of carboxylic acid groups (broad SMARTS) is 2. The average Bonchev–Trinajstić information content (AvgIpc) is 2.95. The van der Waals surface area contributed by atoms with Gasteiger partial charge in [0.25, 0.3) is 0 Å². The van der Waals surface area contributed by atoms with E-state index in [1.54, 1.807) is 0 Å². The van der Waals surface area contributed by atoms with E-state index in [4.69, 9.17) is 0 Å². The van der Waals surface area contributed by atoms with E-state index in [1.165, 1.54) is 20.0 Å². The van der Waals surface area contributed by atoms with Crippen molar-refractivity contribution in [1.82, 2.24) is 0 Å². The van der Waals surface area contributed by atoms with E-state index in [-0.39, 0.29) is 57.0 Å². The van der Waals surface area contributed by atoms with Gasteiger partial charge < -0.3 is 19.8 Å². The molecular formula is C34H48O4Sn. The Balaban J connectivity index is 0.000000429. The molecule has 0 bridgehead atoms. The van der Waals surface area contributed by atoms with Gasteiger partial charge in [-0.25, -0.2) is 0 Å². The number of hydrogen-bond acceptors (Lipinski definition) is 4. The molecular weight excluding hydrogens is 591 g/mol. The van der Waals surface area contributed by atoms with Crippen LogP contribution in [0.3, 0.4) is 0 Å². The summed E-state index contributed by atoms with van der Waals surface area (Å²) in [6.45, 7) is 8.22. The molecule has 0 saturated carbocycles. The standard InChI is InChI=1S/C20H36O4.2C7H7.Sn/c1-5-9-11-15(7-3)13-17(19(21)22)18(20(23)24)14-16(8-4)12-10-6-2;2*1-7-5-3-2-4-6-7;/h15-16H,5-14H2,1-4H3,(H,21,22)(H,23,24);2*2-6H,1H2;/q;;;+2/p-2/b18-17-;;;. The van der Waals surface area contributed by atoms with Crippen LogP contribution in [0, 0.1) is 11.8 Å². The molecule has 0 heterocycles. The van der Waals surface area contributed by atoms with Gasteiger partial charge in [-0.1, -0.05) is 79.1 Å². The van der Waals surface area contributed by atoms with E-state index in [9.17, 15) is 19.8 Å². The van der Waals surface area contributed by atoms with Gasteiger partial charge in [-0.3, -0.25) is 0 Å². The second-order valence-corrected chi connectivity index (χ2v) is 13.8. The summed E-state index contributed by atoms with van der Waals surface area (Å²) in [6, 6.07) is 21.7. The first-order chi connectivity index (χ1) is 18.9. The second-order valence-electron chi connectivity index (χ2n) is 10.3.